The van der Waals surface area contributed by atoms with Crippen LogP contribution in [0.15, 0.2) is 29.1 Å². The van der Waals surface area contributed by atoms with Crippen molar-refractivity contribution in [3.63, 3.8) is 0 Å². The van der Waals surface area contributed by atoms with Gasteiger partial charge < -0.3 is 5.32 Å². The number of nitrogens with one attached hydrogen (secondary N) is 1. The maximum absolute atomic E-state index is 12.6. The molecule has 2 aromatic rings. The number of imidazole rings is 1. The van der Waals surface area contributed by atoms with Gasteiger partial charge in [-0.25, -0.2) is 4.79 Å². The van der Waals surface area contributed by atoms with Gasteiger partial charge in [0.1, 0.15) is 6.54 Å². The molecule has 5 heteroatoms. The van der Waals surface area contributed by atoms with E-state index in [1.807, 2.05) is 31.2 Å². The monoisotopic (exact) mass is 329 g/mol. The van der Waals surface area contributed by atoms with Gasteiger partial charge in [0, 0.05) is 12.6 Å². The van der Waals surface area contributed by atoms with Crippen LogP contribution in [-0.4, -0.2) is 21.1 Å². The Kier molecular flexibility index (Phi) is 5.07. The fourth-order valence-corrected chi connectivity index (χ4v) is 3.86. The Morgan fingerprint density at radius 3 is 2.29 bits per heavy atom. The summed E-state index contributed by atoms with van der Waals surface area (Å²) in [5.41, 5.74) is 1.61. The summed E-state index contributed by atoms with van der Waals surface area (Å²) in [5, 5.41) is 3.12. The maximum Gasteiger partial charge on any atom is 0.329 e. The third kappa shape index (κ3) is 3.25. The number of aryl methyl sites for hydroxylation is 1. The summed E-state index contributed by atoms with van der Waals surface area (Å²) >= 11 is 0. The Balaban J connectivity index is 1.72. The molecule has 130 valence electrons. The zero-order chi connectivity index (χ0) is 17.1. The van der Waals surface area contributed by atoms with Gasteiger partial charge in [-0.15, -0.1) is 0 Å². The molecule has 0 aliphatic heterocycles. The molecule has 1 heterocycles. The van der Waals surface area contributed by atoms with E-state index in [-0.39, 0.29) is 24.2 Å². The lowest BCUT2D eigenvalue weighted by Crippen LogP contribution is -2.40. The predicted octanol–water partition coefficient (Wildman–Crippen LogP) is 2.91. The molecule has 0 spiro atoms. The highest BCUT2D eigenvalue weighted by atomic mass is 16.2. The van der Waals surface area contributed by atoms with E-state index in [9.17, 15) is 9.59 Å². The zero-order valence-electron chi connectivity index (χ0n) is 14.6. The molecular weight excluding hydrogens is 302 g/mol. The first-order valence-corrected chi connectivity index (χ1v) is 9.11. The average molecular weight is 329 g/mol. The molecule has 1 N–H and O–H groups in total. The van der Waals surface area contributed by atoms with Crippen LogP contribution >= 0.6 is 0 Å². The lowest BCUT2D eigenvalue weighted by molar-refractivity contribution is -0.122. The van der Waals surface area contributed by atoms with Gasteiger partial charge in [0.25, 0.3) is 0 Å². The first-order chi connectivity index (χ1) is 11.6. The molecule has 0 saturated heterocycles. The number of nitrogens with zero attached hydrogens (tertiary/aromatic N) is 2. The molecule has 1 aliphatic rings. The largest absolute Gasteiger partial charge is 0.352 e. The molecule has 0 unspecified atom stereocenters. The van der Waals surface area contributed by atoms with Crippen molar-refractivity contribution >= 4 is 16.9 Å². The standard InChI is InChI=1S/C19H27N3O2/c1-3-14-9-11-15(12-10-14)20-18(23)13-22-17-8-6-5-7-16(17)21(4-2)19(22)24/h5-8,14-15H,3-4,9-13H2,1-2H3,(H,20,23). The van der Waals surface area contributed by atoms with E-state index in [2.05, 4.69) is 12.2 Å². The summed E-state index contributed by atoms with van der Waals surface area (Å²) in [5.74, 6) is 0.749. The van der Waals surface area contributed by atoms with E-state index < -0.39 is 0 Å². The van der Waals surface area contributed by atoms with Crippen molar-refractivity contribution in [2.24, 2.45) is 5.92 Å². The van der Waals surface area contributed by atoms with Crippen LogP contribution in [0, 0.1) is 5.92 Å². The molecule has 0 radical (unpaired) electrons. The predicted molar refractivity (Wildman–Crippen MR) is 96.1 cm³/mol. The molecule has 1 amide bonds. The molecule has 3 rings (SSSR count). The summed E-state index contributed by atoms with van der Waals surface area (Å²) in [6.45, 7) is 4.89. The Morgan fingerprint density at radius 2 is 1.71 bits per heavy atom. The van der Waals surface area contributed by atoms with Crippen LogP contribution in [0.4, 0.5) is 0 Å². The minimum absolute atomic E-state index is 0.0592. The smallest absolute Gasteiger partial charge is 0.329 e. The number of hydrogen-bond acceptors (Lipinski definition) is 2. The molecular formula is C19H27N3O2. The summed E-state index contributed by atoms with van der Waals surface area (Å²) in [6, 6.07) is 7.92. The summed E-state index contributed by atoms with van der Waals surface area (Å²) in [6.07, 6.45) is 5.71. The Labute approximate surface area is 142 Å². The lowest BCUT2D eigenvalue weighted by atomic mass is 9.84. The van der Waals surface area contributed by atoms with Gasteiger partial charge in [-0.1, -0.05) is 25.5 Å². The van der Waals surface area contributed by atoms with Crippen LogP contribution in [0.1, 0.15) is 46.0 Å². The molecule has 5 nitrogen and oxygen atoms in total. The number of amides is 1. The van der Waals surface area contributed by atoms with E-state index >= 15 is 0 Å². The molecule has 1 fully saturated rings. The minimum Gasteiger partial charge on any atom is -0.352 e. The molecule has 1 aromatic heterocycles. The minimum atomic E-state index is -0.108. The number of hydrogen-bond donors (Lipinski definition) is 1. The van der Waals surface area contributed by atoms with Crippen LogP contribution in [0.3, 0.4) is 0 Å². The quantitative estimate of drug-likeness (QED) is 0.917. The van der Waals surface area contributed by atoms with Gasteiger partial charge in [-0.2, -0.15) is 0 Å². The van der Waals surface area contributed by atoms with Crippen LogP contribution < -0.4 is 11.0 Å². The fraction of sp³-hybridized carbons (Fsp3) is 0.579. The van der Waals surface area contributed by atoms with Gasteiger partial charge in [0.15, 0.2) is 0 Å². The van der Waals surface area contributed by atoms with Crippen molar-refractivity contribution in [3.8, 4) is 0 Å². The number of benzene rings is 1. The van der Waals surface area contributed by atoms with E-state index in [1.54, 1.807) is 9.13 Å². The number of aromatic nitrogens is 2. The third-order valence-corrected chi connectivity index (χ3v) is 5.33. The maximum atomic E-state index is 12.6. The van der Waals surface area contributed by atoms with E-state index in [4.69, 9.17) is 0 Å². The highest BCUT2D eigenvalue weighted by Gasteiger charge is 2.22. The fourth-order valence-electron chi connectivity index (χ4n) is 3.86. The summed E-state index contributed by atoms with van der Waals surface area (Å²) < 4.78 is 3.31. The molecule has 0 bridgehead atoms. The van der Waals surface area contributed by atoms with Crippen LogP contribution in [0.25, 0.3) is 11.0 Å². The Bertz CT molecular complexity index is 767. The SMILES string of the molecule is CCC1CCC(NC(=O)Cn2c(=O)n(CC)c3ccccc32)CC1. The Hall–Kier alpha value is -2.04. The van der Waals surface area contributed by atoms with Crippen molar-refractivity contribution in [3.05, 3.63) is 34.7 Å². The van der Waals surface area contributed by atoms with Crippen molar-refractivity contribution in [2.45, 2.75) is 65.1 Å². The second kappa shape index (κ2) is 7.24. The second-order valence-corrected chi connectivity index (χ2v) is 6.80. The molecule has 1 aromatic carbocycles. The molecule has 0 atom stereocenters. The topological polar surface area (TPSA) is 56.0 Å². The van der Waals surface area contributed by atoms with Gasteiger partial charge >= 0.3 is 5.69 Å². The number of fused-ring (bicyclic) bond motifs is 1. The van der Waals surface area contributed by atoms with Crippen molar-refractivity contribution in [1.29, 1.82) is 0 Å². The molecule has 24 heavy (non-hydrogen) atoms. The number of carbonyl (C=O) groups excluding carboxylic acids is 1. The lowest BCUT2D eigenvalue weighted by Gasteiger charge is -2.28. The molecule has 1 saturated carbocycles. The number of para-hydroxylation sites is 2. The first-order valence-electron chi connectivity index (χ1n) is 9.11. The van der Waals surface area contributed by atoms with E-state index in [0.29, 0.717) is 6.54 Å². The Morgan fingerprint density at radius 1 is 1.08 bits per heavy atom. The van der Waals surface area contributed by atoms with Crippen molar-refractivity contribution in [1.82, 2.24) is 14.5 Å². The van der Waals surface area contributed by atoms with E-state index in [0.717, 1.165) is 29.8 Å². The number of carbonyl (C=O) groups is 1. The van der Waals surface area contributed by atoms with Gasteiger partial charge in [-0.05, 0) is 50.7 Å². The average Bonchev–Trinajstić information content (AvgIpc) is 2.87. The highest BCUT2D eigenvalue weighted by Crippen LogP contribution is 2.26. The second-order valence-electron chi connectivity index (χ2n) is 6.80. The van der Waals surface area contributed by atoms with Gasteiger partial charge in [0.05, 0.1) is 11.0 Å². The zero-order valence-corrected chi connectivity index (χ0v) is 14.6. The normalized spacial score (nSPS) is 21.1. The van der Waals surface area contributed by atoms with Crippen molar-refractivity contribution in [2.75, 3.05) is 0 Å². The summed E-state index contributed by atoms with van der Waals surface area (Å²) in [7, 11) is 0. The summed E-state index contributed by atoms with van der Waals surface area (Å²) in [4.78, 5) is 25.0. The third-order valence-electron chi connectivity index (χ3n) is 5.33. The van der Waals surface area contributed by atoms with Crippen LogP contribution in [-0.2, 0) is 17.9 Å². The van der Waals surface area contributed by atoms with Crippen molar-refractivity contribution < 1.29 is 4.79 Å². The van der Waals surface area contributed by atoms with Crippen LogP contribution in [0.2, 0.25) is 0 Å². The molecule has 1 aliphatic carbocycles. The first kappa shape index (κ1) is 16.8. The number of rotatable bonds is 5. The van der Waals surface area contributed by atoms with Gasteiger partial charge in [-0.3, -0.25) is 13.9 Å². The van der Waals surface area contributed by atoms with Gasteiger partial charge in [0.2, 0.25) is 5.91 Å². The van der Waals surface area contributed by atoms with Crippen LogP contribution in [0.5, 0.6) is 0 Å². The highest BCUT2D eigenvalue weighted by molar-refractivity contribution is 5.81. The van der Waals surface area contributed by atoms with E-state index in [1.165, 1.54) is 19.3 Å².